The van der Waals surface area contributed by atoms with Crippen molar-refractivity contribution in [2.24, 2.45) is 0 Å². The Labute approximate surface area is 219 Å². The van der Waals surface area contributed by atoms with Crippen molar-refractivity contribution >= 4 is 37.2 Å². The topological polar surface area (TPSA) is 86.0 Å². The van der Waals surface area contributed by atoms with E-state index in [0.29, 0.717) is 28.3 Å². The summed E-state index contributed by atoms with van der Waals surface area (Å²) in [5, 5.41) is 5.16. The van der Waals surface area contributed by atoms with Gasteiger partial charge in [0.15, 0.2) is 5.75 Å². The lowest BCUT2D eigenvalue weighted by Gasteiger charge is -2.17. The number of pyridine rings is 1. The van der Waals surface area contributed by atoms with Gasteiger partial charge in [-0.1, -0.05) is 48.5 Å². The van der Waals surface area contributed by atoms with Crippen LogP contribution in [0.4, 0.5) is 24.9 Å². The molecule has 10 heteroatoms. The summed E-state index contributed by atoms with van der Waals surface area (Å²) in [4.78, 5) is 13.5. The number of benzene rings is 3. The first-order valence-electron chi connectivity index (χ1n) is 11.7. The van der Waals surface area contributed by atoms with Crippen molar-refractivity contribution in [3.8, 4) is 22.9 Å². The fourth-order valence-corrected chi connectivity index (χ4v) is 4.10. The lowest BCUT2D eigenvalue weighted by Crippen LogP contribution is -2.11. The molecule has 2 heterocycles. The van der Waals surface area contributed by atoms with Crippen LogP contribution < -0.4 is 21.1 Å². The van der Waals surface area contributed by atoms with E-state index in [2.05, 4.69) is 29.5 Å². The summed E-state index contributed by atoms with van der Waals surface area (Å²) in [6, 6.07) is 23.1. The molecule has 0 saturated carbocycles. The second kappa shape index (κ2) is 10.3. The van der Waals surface area contributed by atoms with Gasteiger partial charge in [-0.3, -0.25) is 0 Å². The Kier molecular flexibility index (Phi) is 6.87. The maximum atomic E-state index is 13.1. The molecule has 0 spiro atoms. The molecular formula is C28H23F3N5OP. The molecular weight excluding hydrogens is 510 g/mol. The summed E-state index contributed by atoms with van der Waals surface area (Å²) in [5.41, 5.74) is 7.59. The molecule has 0 bridgehead atoms. The molecule has 192 valence electrons. The van der Waals surface area contributed by atoms with E-state index in [1.807, 2.05) is 49.4 Å². The Morgan fingerprint density at radius 1 is 0.895 bits per heavy atom. The number of aromatic nitrogens is 3. The van der Waals surface area contributed by atoms with Crippen molar-refractivity contribution in [1.82, 2.24) is 15.0 Å². The number of nitrogens with zero attached hydrogens (tertiary/aromatic N) is 3. The molecule has 5 aromatic rings. The predicted molar refractivity (Wildman–Crippen MR) is 147 cm³/mol. The van der Waals surface area contributed by atoms with E-state index in [1.165, 1.54) is 12.1 Å². The van der Waals surface area contributed by atoms with Crippen molar-refractivity contribution in [1.29, 1.82) is 0 Å². The predicted octanol–water partition coefficient (Wildman–Crippen LogP) is 6.76. The van der Waals surface area contributed by atoms with Gasteiger partial charge in [0, 0.05) is 17.0 Å². The number of fused-ring (bicyclic) bond motifs is 1. The van der Waals surface area contributed by atoms with Crippen LogP contribution >= 0.6 is 9.24 Å². The number of nitrogens with two attached hydrogens (primary N) is 1. The normalized spacial score (nSPS) is 12.3. The lowest BCUT2D eigenvalue weighted by molar-refractivity contribution is -0.137. The largest absolute Gasteiger partial charge is 0.437 e. The van der Waals surface area contributed by atoms with Crippen LogP contribution in [-0.4, -0.2) is 15.0 Å². The highest BCUT2D eigenvalue weighted by atomic mass is 31.0. The van der Waals surface area contributed by atoms with Crippen LogP contribution in [0.2, 0.25) is 0 Å². The maximum absolute atomic E-state index is 13.1. The van der Waals surface area contributed by atoms with E-state index in [9.17, 15) is 13.2 Å². The number of rotatable bonds is 6. The maximum Gasteiger partial charge on any atom is 0.416 e. The highest BCUT2D eigenvalue weighted by Gasteiger charge is 2.30. The Morgan fingerprint density at radius 2 is 1.63 bits per heavy atom. The summed E-state index contributed by atoms with van der Waals surface area (Å²) in [5.74, 6) is 1.23. The standard InChI is InChI=1S/C28H23F3N5OP/c1-16(17-7-12-21(38)13-8-17)33-27-34-22(18-5-10-20(11-6-18)28(29,30)31)15-25(36-27)37-23-4-2-3-19-9-14-24(32)35-26(19)23/h2-16H,38H2,1H3,(H2,32,35)(H,33,34,36). The Hall–Kier alpha value is -4.23. The third-order valence-electron chi connectivity index (χ3n) is 5.91. The minimum Gasteiger partial charge on any atom is -0.437 e. The van der Waals surface area contributed by atoms with E-state index in [4.69, 9.17) is 10.5 Å². The van der Waals surface area contributed by atoms with Crippen LogP contribution in [0.3, 0.4) is 0 Å². The molecule has 6 nitrogen and oxygen atoms in total. The van der Waals surface area contributed by atoms with Crippen LogP contribution in [0.5, 0.6) is 11.6 Å². The van der Waals surface area contributed by atoms with Gasteiger partial charge in [0.05, 0.1) is 17.3 Å². The number of anilines is 2. The number of halogens is 3. The van der Waals surface area contributed by atoms with Gasteiger partial charge in [-0.2, -0.15) is 18.2 Å². The van der Waals surface area contributed by atoms with E-state index < -0.39 is 11.7 Å². The molecule has 0 aliphatic carbocycles. The van der Waals surface area contributed by atoms with Crippen LogP contribution in [0.25, 0.3) is 22.2 Å². The first-order valence-corrected chi connectivity index (χ1v) is 12.3. The SMILES string of the molecule is CC(Nc1nc(Oc2cccc3ccc(N)nc23)cc(-c2ccc(C(F)(F)F)cc2)n1)c1ccc(P)cc1. The first kappa shape index (κ1) is 25.4. The molecule has 38 heavy (non-hydrogen) atoms. The zero-order valence-electron chi connectivity index (χ0n) is 20.2. The van der Waals surface area contributed by atoms with Gasteiger partial charge < -0.3 is 15.8 Å². The van der Waals surface area contributed by atoms with Gasteiger partial charge in [0.25, 0.3) is 0 Å². The molecule has 0 aliphatic rings. The second-order valence-electron chi connectivity index (χ2n) is 8.69. The number of ether oxygens (including phenoxy) is 1. The Bertz CT molecular complexity index is 1590. The van der Waals surface area contributed by atoms with Crippen molar-refractivity contribution in [2.45, 2.75) is 19.1 Å². The van der Waals surface area contributed by atoms with Gasteiger partial charge in [-0.05, 0) is 48.1 Å². The number of nitrogens with one attached hydrogen (secondary N) is 1. The third kappa shape index (κ3) is 5.68. The van der Waals surface area contributed by atoms with Gasteiger partial charge in [0.2, 0.25) is 11.8 Å². The highest BCUT2D eigenvalue weighted by molar-refractivity contribution is 7.27. The average Bonchev–Trinajstić information content (AvgIpc) is 2.89. The van der Waals surface area contributed by atoms with Gasteiger partial charge in [-0.25, -0.2) is 9.97 Å². The molecule has 0 amide bonds. The number of alkyl halides is 3. The van der Waals surface area contributed by atoms with Gasteiger partial charge in [0.1, 0.15) is 11.3 Å². The quantitative estimate of drug-likeness (QED) is 0.235. The van der Waals surface area contributed by atoms with E-state index in [-0.39, 0.29) is 17.9 Å². The van der Waals surface area contributed by atoms with Crippen molar-refractivity contribution in [3.05, 3.63) is 96.1 Å². The number of nitrogen functional groups attached to an aromatic ring is 1. The zero-order chi connectivity index (χ0) is 26.9. The molecule has 2 unspecified atom stereocenters. The molecule has 3 N–H and O–H groups in total. The lowest BCUT2D eigenvalue weighted by atomic mass is 10.1. The number of para-hydroxylation sites is 1. The van der Waals surface area contributed by atoms with E-state index in [1.54, 1.807) is 18.2 Å². The molecule has 0 fully saturated rings. The summed E-state index contributed by atoms with van der Waals surface area (Å²) in [7, 11) is 2.64. The van der Waals surface area contributed by atoms with E-state index in [0.717, 1.165) is 28.4 Å². The van der Waals surface area contributed by atoms with Crippen LogP contribution in [0.15, 0.2) is 84.9 Å². The molecule has 3 aromatic carbocycles. The Morgan fingerprint density at radius 3 is 2.34 bits per heavy atom. The fourth-order valence-electron chi connectivity index (χ4n) is 3.91. The monoisotopic (exact) mass is 533 g/mol. The molecule has 0 radical (unpaired) electrons. The minimum absolute atomic E-state index is 0.157. The van der Waals surface area contributed by atoms with Crippen molar-refractivity contribution in [2.75, 3.05) is 11.1 Å². The highest BCUT2D eigenvalue weighted by Crippen LogP contribution is 2.34. The van der Waals surface area contributed by atoms with Crippen molar-refractivity contribution in [3.63, 3.8) is 0 Å². The van der Waals surface area contributed by atoms with Gasteiger partial charge >= 0.3 is 6.18 Å². The summed E-state index contributed by atoms with van der Waals surface area (Å²) in [6.07, 6.45) is -4.43. The minimum atomic E-state index is -4.43. The number of hydrogen-bond acceptors (Lipinski definition) is 6. The van der Waals surface area contributed by atoms with Crippen LogP contribution in [0.1, 0.15) is 24.1 Å². The van der Waals surface area contributed by atoms with Crippen molar-refractivity contribution < 1.29 is 17.9 Å². The van der Waals surface area contributed by atoms with Crippen LogP contribution in [0, 0.1) is 0 Å². The third-order valence-corrected chi connectivity index (χ3v) is 6.30. The summed E-state index contributed by atoms with van der Waals surface area (Å²) in [6.45, 7) is 1.96. The summed E-state index contributed by atoms with van der Waals surface area (Å²) >= 11 is 0. The van der Waals surface area contributed by atoms with Gasteiger partial charge in [-0.15, -0.1) is 9.24 Å². The number of hydrogen-bond donors (Lipinski definition) is 2. The van der Waals surface area contributed by atoms with E-state index >= 15 is 0 Å². The smallest absolute Gasteiger partial charge is 0.416 e. The Balaban J connectivity index is 1.54. The zero-order valence-corrected chi connectivity index (χ0v) is 21.4. The molecule has 2 aromatic heterocycles. The molecule has 2 atom stereocenters. The summed E-state index contributed by atoms with van der Waals surface area (Å²) < 4.78 is 45.5. The molecule has 0 aliphatic heterocycles. The molecule has 0 saturated heterocycles. The first-order chi connectivity index (χ1) is 18.2. The fraction of sp³-hybridized carbons (Fsp3) is 0.107. The van der Waals surface area contributed by atoms with Crippen LogP contribution in [-0.2, 0) is 6.18 Å². The average molecular weight is 533 g/mol. The molecule has 5 rings (SSSR count). The second-order valence-corrected chi connectivity index (χ2v) is 9.36.